The van der Waals surface area contributed by atoms with Gasteiger partial charge in [0.25, 0.3) is 5.69 Å². The van der Waals surface area contributed by atoms with E-state index in [-0.39, 0.29) is 48.0 Å². The minimum absolute atomic E-state index is 0.0167. The predicted octanol–water partition coefficient (Wildman–Crippen LogP) is 1.87. The molecule has 1 aromatic carbocycles. The van der Waals surface area contributed by atoms with Crippen molar-refractivity contribution in [2.45, 2.75) is 19.3 Å². The molecule has 2 atom stereocenters. The van der Waals surface area contributed by atoms with Crippen molar-refractivity contribution in [3.63, 3.8) is 0 Å². The van der Waals surface area contributed by atoms with Crippen molar-refractivity contribution in [1.29, 1.82) is 0 Å². The van der Waals surface area contributed by atoms with Crippen molar-refractivity contribution < 1.29 is 19.3 Å². The summed E-state index contributed by atoms with van der Waals surface area (Å²) in [6.07, 6.45) is 4.80. The van der Waals surface area contributed by atoms with Gasteiger partial charge in [-0.05, 0) is 18.9 Å². The second kappa shape index (κ2) is 6.84. The number of allylic oxidation sites excluding steroid dienone is 2. The molecule has 2 unspecified atom stereocenters. The molecule has 0 bridgehead atoms. The summed E-state index contributed by atoms with van der Waals surface area (Å²) >= 11 is 0. The molecule has 1 heterocycles. The monoisotopic (exact) mass is 343 g/mol. The Morgan fingerprint density at radius 1 is 1.16 bits per heavy atom. The van der Waals surface area contributed by atoms with Crippen molar-refractivity contribution in [2.75, 3.05) is 11.9 Å². The number of rotatable bonds is 5. The third-order valence-corrected chi connectivity index (χ3v) is 4.54. The van der Waals surface area contributed by atoms with Crippen LogP contribution >= 0.6 is 0 Å². The first-order valence-corrected chi connectivity index (χ1v) is 8.02. The minimum Gasteiger partial charge on any atom is -0.320 e. The van der Waals surface area contributed by atoms with Crippen LogP contribution in [-0.2, 0) is 14.4 Å². The van der Waals surface area contributed by atoms with Gasteiger partial charge in [0, 0.05) is 19.0 Å². The van der Waals surface area contributed by atoms with E-state index in [0.717, 1.165) is 4.90 Å². The maximum absolute atomic E-state index is 12.3. The molecule has 8 heteroatoms. The fraction of sp³-hybridized carbons (Fsp3) is 0.353. The summed E-state index contributed by atoms with van der Waals surface area (Å²) in [6, 6.07) is 5.81. The molecular formula is C17H17N3O5. The number of nitro benzene ring substituents is 1. The zero-order valence-electron chi connectivity index (χ0n) is 13.4. The second-order valence-corrected chi connectivity index (χ2v) is 6.06. The Balaban J connectivity index is 1.61. The number of nitrogens with zero attached hydrogens (tertiary/aromatic N) is 2. The number of hydrogen-bond donors (Lipinski definition) is 1. The van der Waals surface area contributed by atoms with Crippen LogP contribution in [0.5, 0.6) is 0 Å². The molecule has 8 nitrogen and oxygen atoms in total. The zero-order chi connectivity index (χ0) is 18.0. The molecule has 25 heavy (non-hydrogen) atoms. The Kier molecular flexibility index (Phi) is 4.60. The topological polar surface area (TPSA) is 110 Å². The zero-order valence-corrected chi connectivity index (χ0v) is 13.4. The Morgan fingerprint density at radius 3 is 2.36 bits per heavy atom. The summed E-state index contributed by atoms with van der Waals surface area (Å²) in [5.41, 5.74) is -0.115. The van der Waals surface area contributed by atoms with Crippen LogP contribution in [-0.4, -0.2) is 34.1 Å². The number of amides is 3. The lowest BCUT2D eigenvalue weighted by molar-refractivity contribution is -0.383. The molecule has 1 saturated heterocycles. The first-order valence-electron chi connectivity index (χ1n) is 8.02. The second-order valence-electron chi connectivity index (χ2n) is 6.06. The van der Waals surface area contributed by atoms with Gasteiger partial charge in [0.1, 0.15) is 5.69 Å². The van der Waals surface area contributed by atoms with Crippen LogP contribution in [0.1, 0.15) is 19.3 Å². The summed E-state index contributed by atoms with van der Waals surface area (Å²) < 4.78 is 0. The fourth-order valence-electron chi connectivity index (χ4n) is 3.25. The van der Waals surface area contributed by atoms with E-state index in [4.69, 9.17) is 0 Å². The molecule has 130 valence electrons. The van der Waals surface area contributed by atoms with Crippen molar-refractivity contribution in [2.24, 2.45) is 11.8 Å². The fourth-order valence-corrected chi connectivity index (χ4v) is 3.25. The Morgan fingerprint density at radius 2 is 1.76 bits per heavy atom. The molecule has 1 aliphatic heterocycles. The van der Waals surface area contributed by atoms with E-state index in [9.17, 15) is 24.5 Å². The number of carbonyl (C=O) groups excluding carboxylic acids is 3. The molecule has 1 fully saturated rings. The number of fused-ring (bicyclic) bond motifs is 1. The van der Waals surface area contributed by atoms with Gasteiger partial charge >= 0.3 is 0 Å². The van der Waals surface area contributed by atoms with E-state index in [1.54, 1.807) is 6.07 Å². The molecule has 0 aromatic heterocycles. The van der Waals surface area contributed by atoms with Crippen molar-refractivity contribution in [1.82, 2.24) is 4.90 Å². The lowest BCUT2D eigenvalue weighted by Gasteiger charge is -2.14. The SMILES string of the molecule is O=C(CCN1C(=O)C2CC=CCC2C1=O)Nc1ccccc1[N+](=O)[O-]. The quantitative estimate of drug-likeness (QED) is 0.380. The number of benzene rings is 1. The molecule has 1 N–H and O–H groups in total. The number of likely N-dealkylation sites (tertiary alicyclic amines) is 1. The van der Waals surface area contributed by atoms with Crippen molar-refractivity contribution >= 4 is 29.1 Å². The third kappa shape index (κ3) is 3.28. The number of imide groups is 1. The third-order valence-electron chi connectivity index (χ3n) is 4.54. The van der Waals surface area contributed by atoms with Crippen LogP contribution in [0.2, 0.25) is 0 Å². The largest absolute Gasteiger partial charge is 0.320 e. The Bertz CT molecular complexity index is 747. The number of carbonyl (C=O) groups is 3. The van der Waals surface area contributed by atoms with E-state index < -0.39 is 10.8 Å². The van der Waals surface area contributed by atoms with Crippen LogP contribution in [0.15, 0.2) is 36.4 Å². The standard InChI is InChI=1S/C17H17N3O5/c21-15(18-13-7-3-4-8-14(13)20(24)25)9-10-19-16(22)11-5-1-2-6-12(11)17(19)23/h1-4,7-8,11-12H,5-6,9-10H2,(H,18,21). The van der Waals surface area contributed by atoms with Gasteiger partial charge in [-0.15, -0.1) is 0 Å². The maximum atomic E-state index is 12.3. The van der Waals surface area contributed by atoms with Gasteiger partial charge in [-0.2, -0.15) is 0 Å². The van der Waals surface area contributed by atoms with E-state index in [1.807, 2.05) is 12.2 Å². The lowest BCUT2D eigenvalue weighted by atomic mass is 9.85. The number of nitrogens with one attached hydrogen (secondary N) is 1. The highest BCUT2D eigenvalue weighted by molar-refractivity contribution is 6.06. The molecule has 0 spiro atoms. The molecular weight excluding hydrogens is 326 g/mol. The van der Waals surface area contributed by atoms with E-state index in [0.29, 0.717) is 12.8 Å². The number of nitro groups is 1. The maximum Gasteiger partial charge on any atom is 0.292 e. The van der Waals surface area contributed by atoms with Crippen LogP contribution in [0.4, 0.5) is 11.4 Å². The summed E-state index contributed by atoms with van der Waals surface area (Å²) in [6.45, 7) is -0.0167. The highest BCUT2D eigenvalue weighted by Gasteiger charge is 2.46. The number of para-hydroxylation sites is 2. The van der Waals surface area contributed by atoms with Gasteiger partial charge in [0.2, 0.25) is 17.7 Å². The van der Waals surface area contributed by atoms with Crippen LogP contribution in [0, 0.1) is 22.0 Å². The van der Waals surface area contributed by atoms with Gasteiger partial charge in [0.05, 0.1) is 16.8 Å². The summed E-state index contributed by atoms with van der Waals surface area (Å²) in [7, 11) is 0. The van der Waals surface area contributed by atoms with E-state index in [2.05, 4.69) is 5.32 Å². The summed E-state index contributed by atoms with van der Waals surface area (Å²) in [5, 5.41) is 13.4. The summed E-state index contributed by atoms with van der Waals surface area (Å²) in [4.78, 5) is 48.2. The van der Waals surface area contributed by atoms with Gasteiger partial charge < -0.3 is 5.32 Å². The summed E-state index contributed by atoms with van der Waals surface area (Å²) in [5.74, 6) is -1.61. The van der Waals surface area contributed by atoms with Crippen molar-refractivity contribution in [3.05, 3.63) is 46.5 Å². The first-order chi connectivity index (χ1) is 12.0. The van der Waals surface area contributed by atoms with Crippen LogP contribution in [0.25, 0.3) is 0 Å². The smallest absolute Gasteiger partial charge is 0.292 e. The van der Waals surface area contributed by atoms with Gasteiger partial charge in [-0.3, -0.25) is 29.4 Å². The molecule has 0 saturated carbocycles. The average molecular weight is 343 g/mol. The molecule has 3 rings (SSSR count). The van der Waals surface area contributed by atoms with Crippen molar-refractivity contribution in [3.8, 4) is 0 Å². The molecule has 3 amide bonds. The number of anilines is 1. The minimum atomic E-state index is -0.583. The van der Waals surface area contributed by atoms with E-state index >= 15 is 0 Å². The lowest BCUT2D eigenvalue weighted by Crippen LogP contribution is -2.34. The van der Waals surface area contributed by atoms with Gasteiger partial charge in [-0.1, -0.05) is 24.3 Å². The normalized spacial score (nSPS) is 22.0. The predicted molar refractivity (Wildman–Crippen MR) is 88.4 cm³/mol. The molecule has 1 aromatic rings. The highest BCUT2D eigenvalue weighted by Crippen LogP contribution is 2.35. The Labute approximate surface area is 143 Å². The Hall–Kier alpha value is -3.03. The first kappa shape index (κ1) is 16.8. The molecule has 1 aliphatic carbocycles. The highest BCUT2D eigenvalue weighted by atomic mass is 16.6. The average Bonchev–Trinajstić information content (AvgIpc) is 2.85. The van der Waals surface area contributed by atoms with E-state index in [1.165, 1.54) is 18.2 Å². The molecule has 0 radical (unpaired) electrons. The number of hydrogen-bond acceptors (Lipinski definition) is 5. The molecule has 2 aliphatic rings. The van der Waals surface area contributed by atoms with Gasteiger partial charge in [0.15, 0.2) is 0 Å². The van der Waals surface area contributed by atoms with Crippen LogP contribution < -0.4 is 5.32 Å². The van der Waals surface area contributed by atoms with Crippen LogP contribution in [0.3, 0.4) is 0 Å². The van der Waals surface area contributed by atoms with Gasteiger partial charge in [-0.25, -0.2) is 0 Å².